The zero-order valence-corrected chi connectivity index (χ0v) is 12.4. The summed E-state index contributed by atoms with van der Waals surface area (Å²) in [5, 5.41) is 2.93. The lowest BCUT2D eigenvalue weighted by atomic mass is 10.1. The lowest BCUT2D eigenvalue weighted by Crippen LogP contribution is -2.22. The Morgan fingerprint density at radius 2 is 2.00 bits per heavy atom. The summed E-state index contributed by atoms with van der Waals surface area (Å²) in [5.74, 6) is -0.0559. The highest BCUT2D eigenvalue weighted by molar-refractivity contribution is 9.10. The maximum Gasteiger partial charge on any atom is 0.251 e. The van der Waals surface area contributed by atoms with Crippen LogP contribution >= 0.6 is 15.9 Å². The SMILES string of the molecule is O=C(NCc1cccc(Br)c1)c1ccc2c(c1)COC2. The highest BCUT2D eigenvalue weighted by atomic mass is 79.9. The summed E-state index contributed by atoms with van der Waals surface area (Å²) in [7, 11) is 0. The molecule has 1 aliphatic rings. The third-order valence-electron chi connectivity index (χ3n) is 3.33. The molecule has 4 heteroatoms. The van der Waals surface area contributed by atoms with Gasteiger partial charge in [0.15, 0.2) is 0 Å². The minimum atomic E-state index is -0.0559. The molecule has 0 atom stereocenters. The van der Waals surface area contributed by atoms with E-state index < -0.39 is 0 Å². The summed E-state index contributed by atoms with van der Waals surface area (Å²) >= 11 is 3.42. The molecule has 1 N–H and O–H groups in total. The van der Waals surface area contributed by atoms with E-state index in [1.54, 1.807) is 0 Å². The first-order valence-electron chi connectivity index (χ1n) is 6.44. The number of hydrogen-bond donors (Lipinski definition) is 1. The summed E-state index contributed by atoms with van der Waals surface area (Å²) in [6, 6.07) is 13.6. The number of amides is 1. The van der Waals surface area contributed by atoms with Gasteiger partial charge >= 0.3 is 0 Å². The fraction of sp³-hybridized carbons (Fsp3) is 0.188. The van der Waals surface area contributed by atoms with Crippen molar-refractivity contribution in [1.29, 1.82) is 0 Å². The molecule has 1 amide bonds. The van der Waals surface area contributed by atoms with Crippen LogP contribution in [0.3, 0.4) is 0 Å². The molecule has 2 aromatic rings. The van der Waals surface area contributed by atoms with E-state index in [-0.39, 0.29) is 5.91 Å². The van der Waals surface area contributed by atoms with Gasteiger partial charge < -0.3 is 10.1 Å². The molecule has 0 fully saturated rings. The maximum atomic E-state index is 12.1. The van der Waals surface area contributed by atoms with E-state index in [1.165, 1.54) is 5.56 Å². The molecule has 0 aliphatic carbocycles. The highest BCUT2D eigenvalue weighted by Crippen LogP contribution is 2.20. The van der Waals surface area contributed by atoms with Gasteiger partial charge in [-0.15, -0.1) is 0 Å². The number of benzene rings is 2. The molecular weight excluding hydrogens is 318 g/mol. The van der Waals surface area contributed by atoms with Crippen LogP contribution in [-0.2, 0) is 24.5 Å². The van der Waals surface area contributed by atoms with Gasteiger partial charge in [-0.3, -0.25) is 4.79 Å². The Morgan fingerprint density at radius 3 is 2.85 bits per heavy atom. The largest absolute Gasteiger partial charge is 0.372 e. The molecule has 0 spiro atoms. The van der Waals surface area contributed by atoms with Gasteiger partial charge in [-0.25, -0.2) is 0 Å². The molecule has 0 saturated carbocycles. The first-order chi connectivity index (χ1) is 9.72. The van der Waals surface area contributed by atoms with Crippen LogP contribution in [0.15, 0.2) is 46.9 Å². The van der Waals surface area contributed by atoms with Crippen molar-refractivity contribution in [3.63, 3.8) is 0 Å². The number of nitrogens with one attached hydrogen (secondary N) is 1. The van der Waals surface area contributed by atoms with Crippen molar-refractivity contribution in [2.45, 2.75) is 19.8 Å². The Morgan fingerprint density at radius 1 is 1.15 bits per heavy atom. The van der Waals surface area contributed by atoms with Gasteiger partial charge in [0, 0.05) is 16.6 Å². The average Bonchev–Trinajstić information content (AvgIpc) is 2.92. The maximum absolute atomic E-state index is 12.1. The van der Waals surface area contributed by atoms with E-state index in [0.717, 1.165) is 15.6 Å². The summed E-state index contributed by atoms with van der Waals surface area (Å²) in [6.07, 6.45) is 0. The van der Waals surface area contributed by atoms with Crippen LogP contribution < -0.4 is 5.32 Å². The zero-order chi connectivity index (χ0) is 13.9. The summed E-state index contributed by atoms with van der Waals surface area (Å²) in [5.41, 5.74) is 4.04. The number of carbonyl (C=O) groups excluding carboxylic acids is 1. The van der Waals surface area contributed by atoms with Crippen molar-refractivity contribution in [3.8, 4) is 0 Å². The number of ether oxygens (including phenoxy) is 1. The molecule has 0 saturated heterocycles. The van der Waals surface area contributed by atoms with Crippen molar-refractivity contribution in [1.82, 2.24) is 5.32 Å². The minimum absolute atomic E-state index is 0.0559. The van der Waals surface area contributed by atoms with E-state index in [1.807, 2.05) is 42.5 Å². The topological polar surface area (TPSA) is 38.3 Å². The van der Waals surface area contributed by atoms with Crippen LogP contribution in [0.2, 0.25) is 0 Å². The molecular formula is C16H14BrNO2. The molecule has 102 valence electrons. The van der Waals surface area contributed by atoms with E-state index in [0.29, 0.717) is 25.3 Å². The summed E-state index contributed by atoms with van der Waals surface area (Å²) < 4.78 is 6.37. The molecule has 0 unspecified atom stereocenters. The van der Waals surface area contributed by atoms with Crippen LogP contribution in [0.25, 0.3) is 0 Å². The Labute approximate surface area is 126 Å². The lowest BCUT2D eigenvalue weighted by molar-refractivity contribution is 0.0950. The van der Waals surface area contributed by atoms with Gasteiger partial charge in [0.1, 0.15) is 0 Å². The standard InChI is InChI=1S/C16H14BrNO2/c17-15-3-1-2-11(6-15)8-18-16(19)12-4-5-13-9-20-10-14(13)7-12/h1-7H,8-10H2,(H,18,19). The summed E-state index contributed by atoms with van der Waals surface area (Å²) in [4.78, 5) is 12.1. The number of fused-ring (bicyclic) bond motifs is 1. The van der Waals surface area contributed by atoms with Crippen molar-refractivity contribution < 1.29 is 9.53 Å². The Bertz CT molecular complexity index is 655. The summed E-state index contributed by atoms with van der Waals surface area (Å²) in [6.45, 7) is 1.77. The molecule has 3 rings (SSSR count). The Hall–Kier alpha value is -1.65. The zero-order valence-electron chi connectivity index (χ0n) is 10.9. The van der Waals surface area contributed by atoms with Crippen LogP contribution in [0.5, 0.6) is 0 Å². The second-order valence-corrected chi connectivity index (χ2v) is 5.70. The number of rotatable bonds is 3. The van der Waals surface area contributed by atoms with E-state index >= 15 is 0 Å². The minimum Gasteiger partial charge on any atom is -0.372 e. The second-order valence-electron chi connectivity index (χ2n) is 4.79. The van der Waals surface area contributed by atoms with Gasteiger partial charge in [-0.05, 0) is 41.0 Å². The van der Waals surface area contributed by atoms with E-state index in [9.17, 15) is 4.79 Å². The fourth-order valence-corrected chi connectivity index (χ4v) is 2.69. The third kappa shape index (κ3) is 2.92. The van der Waals surface area contributed by atoms with Gasteiger partial charge in [0.2, 0.25) is 0 Å². The molecule has 0 radical (unpaired) electrons. The number of carbonyl (C=O) groups is 1. The first-order valence-corrected chi connectivity index (χ1v) is 7.24. The smallest absolute Gasteiger partial charge is 0.251 e. The van der Waals surface area contributed by atoms with Gasteiger partial charge in [0.05, 0.1) is 13.2 Å². The average molecular weight is 332 g/mol. The molecule has 0 bridgehead atoms. The van der Waals surface area contributed by atoms with Crippen LogP contribution in [0.4, 0.5) is 0 Å². The highest BCUT2D eigenvalue weighted by Gasteiger charge is 2.14. The van der Waals surface area contributed by atoms with Crippen LogP contribution in [-0.4, -0.2) is 5.91 Å². The fourth-order valence-electron chi connectivity index (χ4n) is 2.24. The second kappa shape index (κ2) is 5.77. The normalized spacial score (nSPS) is 13.1. The molecule has 0 aromatic heterocycles. The van der Waals surface area contributed by atoms with Gasteiger partial charge in [-0.1, -0.05) is 34.1 Å². The molecule has 1 aliphatic heterocycles. The number of hydrogen-bond acceptors (Lipinski definition) is 2. The van der Waals surface area contributed by atoms with Crippen molar-refractivity contribution >= 4 is 21.8 Å². The molecule has 3 nitrogen and oxygen atoms in total. The first kappa shape index (κ1) is 13.3. The van der Waals surface area contributed by atoms with Gasteiger partial charge in [0.25, 0.3) is 5.91 Å². The monoisotopic (exact) mass is 331 g/mol. The predicted octanol–water partition coefficient (Wildman–Crippen LogP) is 3.41. The van der Waals surface area contributed by atoms with Crippen molar-refractivity contribution in [2.75, 3.05) is 0 Å². The van der Waals surface area contributed by atoms with Gasteiger partial charge in [-0.2, -0.15) is 0 Å². The van der Waals surface area contributed by atoms with Crippen LogP contribution in [0, 0.1) is 0 Å². The van der Waals surface area contributed by atoms with Crippen molar-refractivity contribution in [2.24, 2.45) is 0 Å². The molecule has 2 aromatic carbocycles. The third-order valence-corrected chi connectivity index (χ3v) is 3.82. The van der Waals surface area contributed by atoms with E-state index in [2.05, 4.69) is 21.2 Å². The lowest BCUT2D eigenvalue weighted by Gasteiger charge is -2.07. The molecule has 1 heterocycles. The molecule has 20 heavy (non-hydrogen) atoms. The predicted molar refractivity (Wildman–Crippen MR) is 80.2 cm³/mol. The quantitative estimate of drug-likeness (QED) is 0.935. The Balaban J connectivity index is 1.67. The number of halogens is 1. The Kier molecular flexibility index (Phi) is 3.85. The van der Waals surface area contributed by atoms with Crippen LogP contribution in [0.1, 0.15) is 27.0 Å². The van der Waals surface area contributed by atoms with Crippen molar-refractivity contribution in [3.05, 3.63) is 69.2 Å². The van der Waals surface area contributed by atoms with E-state index in [4.69, 9.17) is 4.74 Å².